The molecule has 0 aromatic heterocycles. The molecule has 0 heterocycles. The summed E-state index contributed by atoms with van der Waals surface area (Å²) in [7, 11) is 0. The van der Waals surface area contributed by atoms with E-state index in [0.717, 1.165) is 25.2 Å². The minimum absolute atomic E-state index is 0.00816. The Kier molecular flexibility index (Phi) is 7.39. The van der Waals surface area contributed by atoms with E-state index >= 15 is 0 Å². The fourth-order valence-electron chi connectivity index (χ4n) is 6.19. The lowest BCUT2D eigenvalue weighted by atomic mass is 9.47. The number of esters is 1. The summed E-state index contributed by atoms with van der Waals surface area (Å²) in [4.78, 5) is 11.0. The van der Waals surface area contributed by atoms with Gasteiger partial charge in [-0.3, -0.25) is 4.79 Å². The molecular formula is C25H42O2. The summed E-state index contributed by atoms with van der Waals surface area (Å²) in [5.41, 5.74) is 3.88. The lowest BCUT2D eigenvalue weighted by Gasteiger charge is -2.58. The van der Waals surface area contributed by atoms with E-state index in [-0.39, 0.29) is 12.1 Å². The Morgan fingerprint density at radius 3 is 2.67 bits per heavy atom. The number of hydrogen-bond acceptors (Lipinski definition) is 2. The van der Waals surface area contributed by atoms with E-state index in [1.165, 1.54) is 56.6 Å². The Morgan fingerprint density at radius 2 is 2.00 bits per heavy atom. The molecule has 0 amide bonds. The summed E-state index contributed by atoms with van der Waals surface area (Å²) in [5, 5.41) is 0. The van der Waals surface area contributed by atoms with Crippen LogP contribution in [0.3, 0.4) is 0 Å². The normalized spacial score (nSPS) is 31.9. The van der Waals surface area contributed by atoms with Crippen molar-refractivity contribution in [2.75, 3.05) is 0 Å². The van der Waals surface area contributed by atoms with E-state index in [1.54, 1.807) is 0 Å². The molecule has 154 valence electrons. The van der Waals surface area contributed by atoms with Crippen molar-refractivity contribution in [2.24, 2.45) is 22.7 Å². The van der Waals surface area contributed by atoms with Crippen LogP contribution in [-0.4, -0.2) is 12.1 Å². The van der Waals surface area contributed by atoms with Crippen molar-refractivity contribution in [1.82, 2.24) is 0 Å². The van der Waals surface area contributed by atoms with Crippen LogP contribution >= 0.6 is 0 Å². The van der Waals surface area contributed by atoms with Crippen LogP contribution in [0.1, 0.15) is 99.3 Å². The monoisotopic (exact) mass is 374 g/mol. The topological polar surface area (TPSA) is 26.3 Å². The molecule has 3 unspecified atom stereocenters. The first-order valence-corrected chi connectivity index (χ1v) is 11.1. The summed E-state index contributed by atoms with van der Waals surface area (Å²) in [6, 6.07) is 0. The Bertz CT molecular complexity index is 571. The van der Waals surface area contributed by atoms with E-state index in [9.17, 15) is 4.79 Å². The molecule has 0 aromatic carbocycles. The zero-order chi connectivity index (χ0) is 20.2. The van der Waals surface area contributed by atoms with Gasteiger partial charge in [-0.05, 0) is 87.9 Å². The van der Waals surface area contributed by atoms with Crippen molar-refractivity contribution in [3.63, 3.8) is 0 Å². The molecule has 2 aliphatic rings. The zero-order valence-corrected chi connectivity index (χ0v) is 18.7. The van der Waals surface area contributed by atoms with Gasteiger partial charge in [0.25, 0.3) is 0 Å². The van der Waals surface area contributed by atoms with Gasteiger partial charge in [-0.2, -0.15) is 0 Å². The predicted molar refractivity (Wildman–Crippen MR) is 115 cm³/mol. The van der Waals surface area contributed by atoms with Crippen LogP contribution in [0.2, 0.25) is 0 Å². The highest BCUT2D eigenvalue weighted by Crippen LogP contribution is 2.61. The maximum atomic E-state index is 11.0. The number of hydrogen-bond donors (Lipinski definition) is 0. The standard InChI is InChI=1S/C25H42O2/c1-18(10-8-11-20(3)27-21(4)26)12-14-22-19(2)13-15-23-24(5,6)16-9-17-25(22,23)7/h10,20,22-23H,2,8-9,11-17H2,1,3-7H3/t20?,22?,23?,25-/m0/s1. The highest BCUT2D eigenvalue weighted by Gasteiger charge is 2.52. The summed E-state index contributed by atoms with van der Waals surface area (Å²) < 4.78 is 5.21. The second-order valence-electron chi connectivity index (χ2n) is 10.2. The third-order valence-electron chi connectivity index (χ3n) is 7.58. The van der Waals surface area contributed by atoms with Gasteiger partial charge >= 0.3 is 5.97 Å². The molecule has 4 atom stereocenters. The molecule has 2 aliphatic carbocycles. The molecule has 27 heavy (non-hydrogen) atoms. The number of rotatable bonds is 7. The summed E-state index contributed by atoms with van der Waals surface area (Å²) in [5.74, 6) is 1.32. The quantitative estimate of drug-likeness (QED) is 0.346. The highest BCUT2D eigenvalue weighted by atomic mass is 16.5. The van der Waals surface area contributed by atoms with Crippen molar-refractivity contribution in [3.05, 3.63) is 23.8 Å². The van der Waals surface area contributed by atoms with Gasteiger partial charge in [0.15, 0.2) is 0 Å². The third kappa shape index (κ3) is 5.48. The van der Waals surface area contributed by atoms with Gasteiger partial charge in [-0.25, -0.2) is 0 Å². The lowest BCUT2D eigenvalue weighted by molar-refractivity contribution is -0.145. The average molecular weight is 375 g/mol. The summed E-state index contributed by atoms with van der Waals surface area (Å²) in [6.45, 7) is 17.8. The number of ether oxygens (including phenoxy) is 1. The predicted octanol–water partition coefficient (Wildman–Crippen LogP) is 7.24. The molecule has 0 saturated heterocycles. The Labute approximate surface area is 167 Å². The largest absolute Gasteiger partial charge is 0.463 e. The first-order chi connectivity index (χ1) is 12.6. The van der Waals surface area contributed by atoms with Gasteiger partial charge in [-0.1, -0.05) is 51.0 Å². The summed E-state index contributed by atoms with van der Waals surface area (Å²) >= 11 is 0. The van der Waals surface area contributed by atoms with Crippen molar-refractivity contribution in [3.8, 4) is 0 Å². The van der Waals surface area contributed by atoms with Gasteiger partial charge in [-0.15, -0.1) is 0 Å². The zero-order valence-electron chi connectivity index (χ0n) is 18.7. The molecule has 2 saturated carbocycles. The third-order valence-corrected chi connectivity index (χ3v) is 7.58. The minimum Gasteiger partial charge on any atom is -0.463 e. The Hall–Kier alpha value is -1.05. The van der Waals surface area contributed by atoms with Crippen molar-refractivity contribution >= 4 is 5.97 Å². The van der Waals surface area contributed by atoms with Crippen LogP contribution in [0.15, 0.2) is 23.8 Å². The molecule has 0 radical (unpaired) electrons. The van der Waals surface area contributed by atoms with Crippen LogP contribution in [-0.2, 0) is 9.53 Å². The van der Waals surface area contributed by atoms with Crippen LogP contribution in [0.4, 0.5) is 0 Å². The maximum Gasteiger partial charge on any atom is 0.302 e. The second kappa shape index (κ2) is 8.97. The molecule has 2 rings (SSSR count). The van der Waals surface area contributed by atoms with Gasteiger partial charge in [0.1, 0.15) is 0 Å². The number of carbonyl (C=O) groups excluding carboxylic acids is 1. The fourth-order valence-corrected chi connectivity index (χ4v) is 6.19. The van der Waals surface area contributed by atoms with Crippen LogP contribution in [0, 0.1) is 22.7 Å². The molecule has 2 heteroatoms. The van der Waals surface area contributed by atoms with Crippen molar-refractivity contribution in [2.45, 2.75) is 105 Å². The first-order valence-electron chi connectivity index (χ1n) is 11.1. The molecular weight excluding hydrogens is 332 g/mol. The SMILES string of the molecule is C=C1CCC2C(C)(C)CCC[C@@]2(C)C1CCC(C)=CCCC(C)OC(C)=O. The highest BCUT2D eigenvalue weighted by molar-refractivity contribution is 5.66. The maximum absolute atomic E-state index is 11.0. The van der Waals surface area contributed by atoms with Crippen molar-refractivity contribution in [1.29, 1.82) is 0 Å². The fraction of sp³-hybridized carbons (Fsp3) is 0.800. The van der Waals surface area contributed by atoms with Gasteiger partial charge in [0, 0.05) is 6.92 Å². The molecule has 0 aliphatic heterocycles. The van der Waals surface area contributed by atoms with Gasteiger partial charge in [0.05, 0.1) is 6.10 Å². The van der Waals surface area contributed by atoms with E-state index in [2.05, 4.69) is 40.3 Å². The molecule has 0 bridgehead atoms. The molecule has 0 aromatic rings. The number of carbonyl (C=O) groups is 1. The Morgan fingerprint density at radius 1 is 1.30 bits per heavy atom. The van der Waals surface area contributed by atoms with E-state index in [1.807, 2.05) is 6.92 Å². The molecule has 0 N–H and O–H groups in total. The van der Waals surface area contributed by atoms with E-state index in [0.29, 0.717) is 16.7 Å². The second-order valence-corrected chi connectivity index (χ2v) is 10.2. The molecule has 0 spiro atoms. The number of fused-ring (bicyclic) bond motifs is 1. The molecule has 2 nitrogen and oxygen atoms in total. The van der Waals surface area contributed by atoms with Crippen LogP contribution in [0.25, 0.3) is 0 Å². The minimum atomic E-state index is -0.183. The lowest BCUT2D eigenvalue weighted by Crippen LogP contribution is -2.49. The average Bonchev–Trinajstić information content (AvgIpc) is 2.52. The summed E-state index contributed by atoms with van der Waals surface area (Å²) in [6.07, 6.45) is 13.3. The van der Waals surface area contributed by atoms with E-state index < -0.39 is 0 Å². The molecule has 2 fully saturated rings. The van der Waals surface area contributed by atoms with Crippen LogP contribution in [0.5, 0.6) is 0 Å². The van der Waals surface area contributed by atoms with Crippen LogP contribution < -0.4 is 0 Å². The van der Waals surface area contributed by atoms with Gasteiger partial charge < -0.3 is 4.74 Å². The smallest absolute Gasteiger partial charge is 0.302 e. The van der Waals surface area contributed by atoms with Crippen molar-refractivity contribution < 1.29 is 9.53 Å². The number of allylic oxidation sites excluding steroid dienone is 3. The van der Waals surface area contributed by atoms with E-state index in [4.69, 9.17) is 4.74 Å². The first kappa shape index (κ1) is 22.2. The Balaban J connectivity index is 1.93. The van der Waals surface area contributed by atoms with Gasteiger partial charge in [0.2, 0.25) is 0 Å².